The van der Waals surface area contributed by atoms with E-state index in [4.69, 9.17) is 9.72 Å². The highest BCUT2D eigenvalue weighted by molar-refractivity contribution is 7.15. The Labute approximate surface area is 176 Å². The number of amides is 1. The molecule has 1 aromatic carbocycles. The van der Waals surface area contributed by atoms with Gasteiger partial charge in [0.1, 0.15) is 16.9 Å². The third-order valence-electron chi connectivity index (χ3n) is 6.55. The predicted molar refractivity (Wildman–Crippen MR) is 115 cm³/mol. The van der Waals surface area contributed by atoms with Crippen molar-refractivity contribution in [3.8, 4) is 16.3 Å². The summed E-state index contributed by atoms with van der Waals surface area (Å²) < 4.78 is 6.20. The van der Waals surface area contributed by atoms with E-state index in [9.17, 15) is 4.79 Å². The van der Waals surface area contributed by atoms with Gasteiger partial charge in [-0.25, -0.2) is 4.98 Å². The van der Waals surface area contributed by atoms with Gasteiger partial charge in [0, 0.05) is 49.2 Å². The van der Waals surface area contributed by atoms with Gasteiger partial charge in [0.2, 0.25) is 5.91 Å². The fourth-order valence-electron chi connectivity index (χ4n) is 4.68. The van der Waals surface area contributed by atoms with E-state index in [1.807, 2.05) is 4.90 Å². The van der Waals surface area contributed by atoms with Gasteiger partial charge in [-0.1, -0.05) is 6.42 Å². The highest BCUT2D eigenvalue weighted by Gasteiger charge is 2.35. The number of piperidine rings is 1. The van der Waals surface area contributed by atoms with Crippen LogP contribution in [-0.2, 0) is 17.8 Å². The highest BCUT2D eigenvalue weighted by Crippen LogP contribution is 2.34. The van der Waals surface area contributed by atoms with Gasteiger partial charge < -0.3 is 14.5 Å². The zero-order valence-corrected chi connectivity index (χ0v) is 17.9. The number of aromatic nitrogens is 1. The van der Waals surface area contributed by atoms with Crippen molar-refractivity contribution in [3.05, 3.63) is 34.8 Å². The van der Waals surface area contributed by atoms with Crippen LogP contribution < -0.4 is 4.74 Å². The maximum absolute atomic E-state index is 11.6. The van der Waals surface area contributed by atoms with E-state index >= 15 is 0 Å². The van der Waals surface area contributed by atoms with Crippen molar-refractivity contribution in [1.82, 2.24) is 14.8 Å². The molecule has 1 saturated carbocycles. The molecule has 1 aliphatic carbocycles. The number of hydrogen-bond acceptors (Lipinski definition) is 5. The molecule has 2 fully saturated rings. The number of thiazole rings is 1. The van der Waals surface area contributed by atoms with Crippen LogP contribution in [0.15, 0.2) is 24.3 Å². The Balaban J connectivity index is 1.18. The van der Waals surface area contributed by atoms with E-state index in [0.29, 0.717) is 12.6 Å². The van der Waals surface area contributed by atoms with Gasteiger partial charge in [-0.2, -0.15) is 0 Å². The molecule has 0 unspecified atom stereocenters. The van der Waals surface area contributed by atoms with Crippen LogP contribution in [0.3, 0.4) is 0 Å². The molecule has 0 radical (unpaired) electrons. The number of fused-ring (bicyclic) bond motifs is 1. The Morgan fingerprint density at radius 2 is 1.86 bits per heavy atom. The van der Waals surface area contributed by atoms with Crippen molar-refractivity contribution in [1.29, 1.82) is 0 Å². The molecule has 0 N–H and O–H groups in total. The van der Waals surface area contributed by atoms with Crippen molar-refractivity contribution in [2.45, 2.75) is 64.1 Å². The summed E-state index contributed by atoms with van der Waals surface area (Å²) in [6.07, 6.45) is 7.70. The molecule has 1 amide bonds. The average molecular weight is 412 g/mol. The van der Waals surface area contributed by atoms with E-state index in [1.165, 1.54) is 37.2 Å². The van der Waals surface area contributed by atoms with Crippen molar-refractivity contribution in [3.63, 3.8) is 0 Å². The molecule has 2 aliphatic heterocycles. The third-order valence-corrected chi connectivity index (χ3v) is 7.76. The molecule has 2 aromatic rings. The molecule has 0 atom stereocenters. The molecule has 3 aliphatic rings. The SMILES string of the molecule is CC(=O)N1CCc2sc(-c3ccc(O[C@H]4C[C@H](N5CCCCC5)C4)cc3)nc2C1. The second-order valence-corrected chi connectivity index (χ2v) is 9.65. The average Bonchev–Trinajstić information content (AvgIpc) is 3.15. The number of likely N-dealkylation sites (tertiary alicyclic amines) is 1. The van der Waals surface area contributed by atoms with Crippen LogP contribution >= 0.6 is 11.3 Å². The standard InChI is InChI=1S/C23H29N3O2S/c1-16(27)26-12-9-22-21(15-26)24-23(29-22)17-5-7-19(8-6-17)28-20-13-18(14-20)25-10-3-2-4-11-25/h5-8,18,20H,2-4,9-15H2,1H3/t18-,20-. The van der Waals surface area contributed by atoms with Crippen LogP contribution in [0, 0.1) is 0 Å². The zero-order valence-electron chi connectivity index (χ0n) is 17.1. The van der Waals surface area contributed by atoms with Crippen molar-refractivity contribution in [2.24, 2.45) is 0 Å². The first-order valence-corrected chi connectivity index (χ1v) is 11.7. The third kappa shape index (κ3) is 4.05. The van der Waals surface area contributed by atoms with E-state index in [0.717, 1.165) is 53.9 Å². The number of hydrogen-bond donors (Lipinski definition) is 0. The van der Waals surface area contributed by atoms with Gasteiger partial charge >= 0.3 is 0 Å². The van der Waals surface area contributed by atoms with Gasteiger partial charge in [0.15, 0.2) is 0 Å². The Hall–Kier alpha value is -1.92. The van der Waals surface area contributed by atoms with Crippen LogP contribution in [0.2, 0.25) is 0 Å². The second-order valence-electron chi connectivity index (χ2n) is 8.57. The lowest BCUT2D eigenvalue weighted by molar-refractivity contribution is -0.129. The second kappa shape index (κ2) is 8.07. The zero-order chi connectivity index (χ0) is 19.8. The first-order chi connectivity index (χ1) is 14.2. The molecular weight excluding hydrogens is 382 g/mol. The number of benzene rings is 1. The molecule has 5 nitrogen and oxygen atoms in total. The minimum atomic E-state index is 0.130. The van der Waals surface area contributed by atoms with Crippen molar-refractivity contribution >= 4 is 17.2 Å². The van der Waals surface area contributed by atoms with Gasteiger partial charge in [0.05, 0.1) is 12.2 Å². The Bertz CT molecular complexity index is 867. The highest BCUT2D eigenvalue weighted by atomic mass is 32.1. The monoisotopic (exact) mass is 411 g/mol. The summed E-state index contributed by atoms with van der Waals surface area (Å²) in [5.41, 5.74) is 2.19. The Morgan fingerprint density at radius 3 is 2.59 bits per heavy atom. The molecule has 1 saturated heterocycles. The minimum absolute atomic E-state index is 0.130. The lowest BCUT2D eigenvalue weighted by atomic mass is 9.86. The predicted octanol–water partition coefficient (Wildman–Crippen LogP) is 4.11. The van der Waals surface area contributed by atoms with Crippen LogP contribution in [0.5, 0.6) is 5.75 Å². The van der Waals surface area contributed by atoms with E-state index in [1.54, 1.807) is 18.3 Å². The number of carbonyl (C=O) groups excluding carboxylic acids is 1. The lowest BCUT2D eigenvalue weighted by Gasteiger charge is -2.44. The number of nitrogens with zero attached hydrogens (tertiary/aromatic N) is 3. The first kappa shape index (κ1) is 19.1. The molecule has 0 spiro atoms. The molecular formula is C23H29N3O2S. The Kier molecular flexibility index (Phi) is 5.31. The fraction of sp³-hybridized carbons (Fsp3) is 0.565. The first-order valence-electron chi connectivity index (χ1n) is 10.9. The quantitative estimate of drug-likeness (QED) is 0.760. The maximum Gasteiger partial charge on any atom is 0.219 e. The molecule has 3 heterocycles. The molecule has 29 heavy (non-hydrogen) atoms. The smallest absolute Gasteiger partial charge is 0.219 e. The van der Waals surface area contributed by atoms with Gasteiger partial charge in [-0.05, 0) is 50.2 Å². The largest absolute Gasteiger partial charge is 0.490 e. The summed E-state index contributed by atoms with van der Waals surface area (Å²) >= 11 is 1.76. The topological polar surface area (TPSA) is 45.7 Å². The molecule has 1 aromatic heterocycles. The Morgan fingerprint density at radius 1 is 1.10 bits per heavy atom. The normalized spacial score (nSPS) is 24.7. The minimum Gasteiger partial charge on any atom is -0.490 e. The maximum atomic E-state index is 11.6. The van der Waals surface area contributed by atoms with E-state index in [2.05, 4.69) is 29.2 Å². The van der Waals surface area contributed by atoms with Crippen LogP contribution in [-0.4, -0.2) is 52.5 Å². The van der Waals surface area contributed by atoms with E-state index in [-0.39, 0.29) is 5.91 Å². The van der Waals surface area contributed by atoms with Crippen LogP contribution in [0.4, 0.5) is 0 Å². The summed E-state index contributed by atoms with van der Waals surface area (Å²) in [6.45, 7) is 5.62. The van der Waals surface area contributed by atoms with E-state index < -0.39 is 0 Å². The molecule has 154 valence electrons. The van der Waals surface area contributed by atoms with Gasteiger partial charge in [-0.3, -0.25) is 4.79 Å². The molecule has 6 heteroatoms. The van der Waals surface area contributed by atoms with Crippen molar-refractivity contribution in [2.75, 3.05) is 19.6 Å². The number of carbonyl (C=O) groups is 1. The number of rotatable bonds is 4. The molecule has 0 bridgehead atoms. The number of ether oxygens (including phenoxy) is 1. The lowest BCUT2D eigenvalue weighted by Crippen LogP contribution is -2.50. The van der Waals surface area contributed by atoms with Crippen LogP contribution in [0.1, 0.15) is 49.6 Å². The van der Waals surface area contributed by atoms with Crippen molar-refractivity contribution < 1.29 is 9.53 Å². The fourth-order valence-corrected chi connectivity index (χ4v) is 5.74. The summed E-state index contributed by atoms with van der Waals surface area (Å²) in [5, 5.41) is 1.04. The van der Waals surface area contributed by atoms with Crippen LogP contribution in [0.25, 0.3) is 10.6 Å². The molecule has 5 rings (SSSR count). The van der Waals surface area contributed by atoms with Gasteiger partial charge in [0.25, 0.3) is 0 Å². The summed E-state index contributed by atoms with van der Waals surface area (Å²) in [7, 11) is 0. The summed E-state index contributed by atoms with van der Waals surface area (Å²) in [6, 6.07) is 9.11. The van der Waals surface area contributed by atoms with Gasteiger partial charge in [-0.15, -0.1) is 11.3 Å². The summed E-state index contributed by atoms with van der Waals surface area (Å²) in [5.74, 6) is 1.09. The summed E-state index contributed by atoms with van der Waals surface area (Å²) in [4.78, 5) is 22.3.